The second-order valence-corrected chi connectivity index (χ2v) is 3.16. The maximum absolute atomic E-state index is 10.8. The van der Waals surface area contributed by atoms with Crippen LogP contribution in [-0.4, -0.2) is 36.9 Å². The average molecular weight is 182 g/mol. The molecule has 1 N–H and O–H groups in total. The van der Waals surface area contributed by atoms with Gasteiger partial charge in [-0.25, -0.2) is 4.79 Å². The molecule has 1 unspecified atom stereocenters. The normalized spacial score (nSPS) is 21.3. The van der Waals surface area contributed by atoms with E-state index in [1.807, 2.05) is 11.5 Å². The second-order valence-electron chi connectivity index (χ2n) is 3.16. The highest BCUT2D eigenvalue weighted by molar-refractivity contribution is 5.65. The van der Waals surface area contributed by atoms with Gasteiger partial charge in [0.15, 0.2) is 5.82 Å². The van der Waals surface area contributed by atoms with Crippen molar-refractivity contribution in [3.8, 4) is 0 Å². The van der Waals surface area contributed by atoms with Crippen molar-refractivity contribution in [3.63, 3.8) is 0 Å². The van der Waals surface area contributed by atoms with Gasteiger partial charge >= 0.3 is 6.09 Å². The van der Waals surface area contributed by atoms with Crippen LogP contribution in [-0.2, 0) is 13.1 Å². The van der Waals surface area contributed by atoms with Crippen LogP contribution in [0, 0.1) is 0 Å². The Morgan fingerprint density at radius 3 is 3.23 bits per heavy atom. The van der Waals surface area contributed by atoms with Gasteiger partial charge in [0.1, 0.15) is 6.33 Å². The van der Waals surface area contributed by atoms with E-state index < -0.39 is 6.09 Å². The molecule has 0 spiro atoms. The van der Waals surface area contributed by atoms with Crippen LogP contribution in [0.4, 0.5) is 4.79 Å². The molecular formula is C7H10N4O2. The van der Waals surface area contributed by atoms with Crippen LogP contribution >= 0.6 is 0 Å². The molecule has 70 valence electrons. The lowest BCUT2D eigenvalue weighted by Crippen LogP contribution is -2.44. The molecule has 0 saturated carbocycles. The number of amides is 1. The summed E-state index contributed by atoms with van der Waals surface area (Å²) < 4.78 is 1.88. The van der Waals surface area contributed by atoms with Gasteiger partial charge in [-0.3, -0.25) is 4.90 Å². The van der Waals surface area contributed by atoms with Crippen molar-refractivity contribution in [2.75, 3.05) is 0 Å². The molecule has 1 aromatic rings. The predicted octanol–water partition coefficient (Wildman–Crippen LogP) is 0.160. The lowest BCUT2D eigenvalue weighted by atomic mass is 10.2. The summed E-state index contributed by atoms with van der Waals surface area (Å²) in [5.74, 6) is 0.709. The van der Waals surface area contributed by atoms with Gasteiger partial charge < -0.3 is 9.67 Å². The van der Waals surface area contributed by atoms with E-state index in [2.05, 4.69) is 10.2 Å². The van der Waals surface area contributed by atoms with Crippen molar-refractivity contribution < 1.29 is 9.90 Å². The Morgan fingerprint density at radius 2 is 2.54 bits per heavy atom. The summed E-state index contributed by atoms with van der Waals surface area (Å²) in [4.78, 5) is 12.1. The molecule has 1 aromatic heterocycles. The fourth-order valence-corrected chi connectivity index (χ4v) is 1.50. The predicted molar refractivity (Wildman–Crippen MR) is 43.1 cm³/mol. The van der Waals surface area contributed by atoms with Gasteiger partial charge in [0, 0.05) is 6.54 Å². The highest BCUT2D eigenvalue weighted by Gasteiger charge is 2.27. The first-order valence-electron chi connectivity index (χ1n) is 4.04. The van der Waals surface area contributed by atoms with Crippen LogP contribution in [0.15, 0.2) is 6.33 Å². The van der Waals surface area contributed by atoms with E-state index in [1.54, 1.807) is 6.33 Å². The molecule has 2 rings (SSSR count). The fraction of sp³-hybridized carbons (Fsp3) is 0.571. The molecule has 13 heavy (non-hydrogen) atoms. The quantitative estimate of drug-likeness (QED) is 0.620. The molecule has 0 aliphatic carbocycles. The van der Waals surface area contributed by atoms with Crippen LogP contribution in [0.2, 0.25) is 0 Å². The summed E-state index contributed by atoms with van der Waals surface area (Å²) in [6, 6.07) is -0.0130. The number of carbonyl (C=O) groups is 1. The van der Waals surface area contributed by atoms with Crippen molar-refractivity contribution >= 4 is 6.09 Å². The van der Waals surface area contributed by atoms with Crippen molar-refractivity contribution in [1.82, 2.24) is 19.7 Å². The summed E-state index contributed by atoms with van der Waals surface area (Å²) in [6.45, 7) is 2.84. The average Bonchev–Trinajstić information content (AvgIpc) is 2.48. The van der Waals surface area contributed by atoms with Gasteiger partial charge in [0.05, 0.1) is 12.6 Å². The molecule has 1 aliphatic heterocycles. The van der Waals surface area contributed by atoms with E-state index in [-0.39, 0.29) is 6.04 Å². The zero-order chi connectivity index (χ0) is 9.42. The SMILES string of the molecule is CC1Cn2cnnc2CN1C(=O)O. The first-order valence-corrected chi connectivity index (χ1v) is 4.04. The Labute approximate surface area is 74.8 Å². The van der Waals surface area contributed by atoms with Gasteiger partial charge in [-0.2, -0.15) is 0 Å². The van der Waals surface area contributed by atoms with Crippen molar-refractivity contribution in [1.29, 1.82) is 0 Å². The molecule has 0 radical (unpaired) electrons. The minimum Gasteiger partial charge on any atom is -0.465 e. The van der Waals surface area contributed by atoms with E-state index in [1.165, 1.54) is 4.90 Å². The molecule has 6 nitrogen and oxygen atoms in total. The number of hydrogen-bond acceptors (Lipinski definition) is 3. The van der Waals surface area contributed by atoms with E-state index in [0.29, 0.717) is 18.9 Å². The molecule has 1 amide bonds. The lowest BCUT2D eigenvalue weighted by Gasteiger charge is -2.30. The van der Waals surface area contributed by atoms with E-state index >= 15 is 0 Å². The fourth-order valence-electron chi connectivity index (χ4n) is 1.50. The summed E-state index contributed by atoms with van der Waals surface area (Å²) >= 11 is 0. The van der Waals surface area contributed by atoms with Crippen molar-refractivity contribution in [2.45, 2.75) is 26.1 Å². The number of nitrogens with zero attached hydrogens (tertiary/aromatic N) is 4. The third-order valence-electron chi connectivity index (χ3n) is 2.25. The Kier molecular flexibility index (Phi) is 1.68. The van der Waals surface area contributed by atoms with Crippen LogP contribution in [0.1, 0.15) is 12.7 Å². The van der Waals surface area contributed by atoms with E-state index in [4.69, 9.17) is 5.11 Å². The van der Waals surface area contributed by atoms with E-state index in [0.717, 1.165) is 0 Å². The van der Waals surface area contributed by atoms with Crippen LogP contribution < -0.4 is 0 Å². The second kappa shape index (κ2) is 2.72. The number of carboxylic acid groups (broad SMARTS) is 1. The number of aromatic nitrogens is 3. The largest absolute Gasteiger partial charge is 0.465 e. The third-order valence-corrected chi connectivity index (χ3v) is 2.25. The Morgan fingerprint density at radius 1 is 1.77 bits per heavy atom. The molecule has 0 bridgehead atoms. The number of hydrogen-bond donors (Lipinski definition) is 1. The molecule has 6 heteroatoms. The van der Waals surface area contributed by atoms with Crippen LogP contribution in [0.3, 0.4) is 0 Å². The standard InChI is InChI=1S/C7H10N4O2/c1-5-2-10-4-8-9-6(10)3-11(5)7(12)13/h4-5H,2-3H2,1H3,(H,12,13). The lowest BCUT2D eigenvalue weighted by molar-refractivity contribution is 0.106. The maximum Gasteiger partial charge on any atom is 0.408 e. The number of fused-ring (bicyclic) bond motifs is 1. The van der Waals surface area contributed by atoms with Gasteiger partial charge in [-0.15, -0.1) is 10.2 Å². The van der Waals surface area contributed by atoms with Crippen molar-refractivity contribution in [3.05, 3.63) is 12.2 Å². The van der Waals surface area contributed by atoms with Gasteiger partial charge in [0.2, 0.25) is 0 Å². The van der Waals surface area contributed by atoms with Gasteiger partial charge in [-0.05, 0) is 6.92 Å². The first-order chi connectivity index (χ1) is 6.18. The topological polar surface area (TPSA) is 71.2 Å². The summed E-state index contributed by atoms with van der Waals surface area (Å²) in [5, 5.41) is 16.4. The van der Waals surface area contributed by atoms with Crippen LogP contribution in [0.5, 0.6) is 0 Å². The Hall–Kier alpha value is -1.59. The molecule has 1 aliphatic rings. The van der Waals surface area contributed by atoms with Gasteiger partial charge in [-0.1, -0.05) is 0 Å². The van der Waals surface area contributed by atoms with Crippen molar-refractivity contribution in [2.24, 2.45) is 0 Å². The highest BCUT2D eigenvalue weighted by Crippen LogP contribution is 2.14. The van der Waals surface area contributed by atoms with Gasteiger partial charge in [0.25, 0.3) is 0 Å². The minimum atomic E-state index is -0.901. The molecule has 1 atom stereocenters. The smallest absolute Gasteiger partial charge is 0.408 e. The Bertz CT molecular complexity index is 335. The molecule has 0 aromatic carbocycles. The zero-order valence-electron chi connectivity index (χ0n) is 7.21. The first kappa shape index (κ1) is 8.03. The minimum absolute atomic E-state index is 0.0130. The molecule has 0 saturated heterocycles. The monoisotopic (exact) mass is 182 g/mol. The summed E-state index contributed by atoms with van der Waals surface area (Å²) in [7, 11) is 0. The van der Waals surface area contributed by atoms with E-state index in [9.17, 15) is 4.79 Å². The number of rotatable bonds is 0. The Balaban J connectivity index is 2.27. The third kappa shape index (κ3) is 1.24. The van der Waals surface area contributed by atoms with Crippen LogP contribution in [0.25, 0.3) is 0 Å². The molecule has 0 fully saturated rings. The maximum atomic E-state index is 10.8. The molecular weight excluding hydrogens is 172 g/mol. The highest BCUT2D eigenvalue weighted by atomic mass is 16.4. The zero-order valence-corrected chi connectivity index (χ0v) is 7.21. The summed E-state index contributed by atoms with van der Waals surface area (Å²) in [5.41, 5.74) is 0. The summed E-state index contributed by atoms with van der Waals surface area (Å²) in [6.07, 6.45) is 0.729. The molecule has 2 heterocycles.